The second-order valence-electron chi connectivity index (χ2n) is 7.20. The molecule has 1 aromatic carbocycles. The molecule has 1 amide bonds. The highest BCUT2D eigenvalue weighted by Crippen LogP contribution is 2.34. The number of ether oxygens (including phenoxy) is 2. The number of hydrogen-bond acceptors (Lipinski definition) is 9. The first-order valence-electron chi connectivity index (χ1n) is 10.1. The van der Waals surface area contributed by atoms with Crippen LogP contribution in [0.15, 0.2) is 28.3 Å². The van der Waals surface area contributed by atoms with Gasteiger partial charge < -0.3 is 14.8 Å². The lowest BCUT2D eigenvalue weighted by atomic mass is 9.97. The fourth-order valence-corrected chi connectivity index (χ4v) is 6.30. The Kier molecular flexibility index (Phi) is 6.99. The van der Waals surface area contributed by atoms with E-state index in [-0.39, 0.29) is 29.8 Å². The monoisotopic (exact) mass is 484 g/mol. The van der Waals surface area contributed by atoms with E-state index >= 15 is 0 Å². The number of rotatable bonds is 7. The normalized spacial score (nSPS) is 17.5. The highest BCUT2D eigenvalue weighted by Gasteiger charge is 2.33. The molecule has 2 aromatic rings. The molecule has 31 heavy (non-hydrogen) atoms. The molecule has 3 heterocycles. The fourth-order valence-electron chi connectivity index (χ4n) is 3.41. The van der Waals surface area contributed by atoms with Gasteiger partial charge in [-0.3, -0.25) is 4.79 Å². The summed E-state index contributed by atoms with van der Waals surface area (Å²) in [5.41, 5.74) is 0. The van der Waals surface area contributed by atoms with Crippen LogP contribution in [0, 0.1) is 5.92 Å². The SMILES string of the molecule is CCCSc1nsc(NC(=O)C2CCN(S(=O)(=O)c3ccc4c(c3)OCCO4)CC2)n1. The molecule has 0 bridgehead atoms. The lowest BCUT2D eigenvalue weighted by Crippen LogP contribution is -2.41. The molecule has 168 valence electrons. The lowest BCUT2D eigenvalue weighted by molar-refractivity contribution is -0.120. The van der Waals surface area contributed by atoms with Crippen LogP contribution in [0.2, 0.25) is 0 Å². The number of nitrogens with one attached hydrogen (secondary N) is 1. The molecular formula is C19H24N4O5S3. The van der Waals surface area contributed by atoms with Crippen molar-refractivity contribution < 1.29 is 22.7 Å². The number of aromatic nitrogens is 2. The van der Waals surface area contributed by atoms with E-state index in [4.69, 9.17) is 9.47 Å². The molecule has 0 saturated carbocycles. The van der Waals surface area contributed by atoms with Gasteiger partial charge in [-0.15, -0.1) is 0 Å². The molecule has 0 spiro atoms. The minimum atomic E-state index is -3.67. The molecule has 0 aliphatic carbocycles. The van der Waals surface area contributed by atoms with Crippen LogP contribution in [-0.2, 0) is 14.8 Å². The van der Waals surface area contributed by atoms with Crippen molar-refractivity contribution in [2.45, 2.75) is 36.2 Å². The van der Waals surface area contributed by atoms with Crippen LogP contribution >= 0.6 is 23.3 Å². The number of carbonyl (C=O) groups is 1. The van der Waals surface area contributed by atoms with Crippen molar-refractivity contribution in [1.82, 2.24) is 13.7 Å². The van der Waals surface area contributed by atoms with Crippen molar-refractivity contribution in [1.29, 1.82) is 0 Å². The summed E-state index contributed by atoms with van der Waals surface area (Å²) in [6.07, 6.45) is 1.93. The number of anilines is 1. The topological polar surface area (TPSA) is 111 Å². The molecule has 1 saturated heterocycles. The number of benzene rings is 1. The number of amides is 1. The van der Waals surface area contributed by atoms with Crippen LogP contribution in [0.5, 0.6) is 11.5 Å². The maximum absolute atomic E-state index is 13.0. The zero-order chi connectivity index (χ0) is 21.8. The predicted octanol–water partition coefficient (Wildman–Crippen LogP) is 2.85. The molecule has 0 atom stereocenters. The van der Waals surface area contributed by atoms with Gasteiger partial charge in [0.25, 0.3) is 0 Å². The minimum absolute atomic E-state index is 0.139. The lowest BCUT2D eigenvalue weighted by Gasteiger charge is -2.30. The molecule has 1 fully saturated rings. The number of nitrogens with zero attached hydrogens (tertiary/aromatic N) is 3. The van der Waals surface area contributed by atoms with Gasteiger partial charge in [-0.2, -0.15) is 13.7 Å². The van der Waals surface area contributed by atoms with E-state index in [2.05, 4.69) is 21.6 Å². The van der Waals surface area contributed by atoms with Gasteiger partial charge >= 0.3 is 0 Å². The van der Waals surface area contributed by atoms with Gasteiger partial charge in [0.1, 0.15) is 13.2 Å². The number of carbonyl (C=O) groups excluding carboxylic acids is 1. The van der Waals surface area contributed by atoms with E-state index in [1.807, 2.05) is 0 Å². The first-order chi connectivity index (χ1) is 15.0. The summed E-state index contributed by atoms with van der Waals surface area (Å²) in [6.45, 7) is 3.49. The number of piperidine rings is 1. The molecule has 2 aliphatic rings. The van der Waals surface area contributed by atoms with E-state index in [9.17, 15) is 13.2 Å². The van der Waals surface area contributed by atoms with Gasteiger partial charge in [-0.1, -0.05) is 18.7 Å². The fraction of sp³-hybridized carbons (Fsp3) is 0.526. The molecular weight excluding hydrogens is 460 g/mol. The zero-order valence-corrected chi connectivity index (χ0v) is 19.5. The van der Waals surface area contributed by atoms with Gasteiger partial charge in [0.15, 0.2) is 11.5 Å². The molecule has 1 aromatic heterocycles. The Hall–Kier alpha value is -1.89. The van der Waals surface area contributed by atoms with E-state index in [0.717, 1.165) is 23.7 Å². The van der Waals surface area contributed by atoms with E-state index in [1.165, 1.54) is 16.4 Å². The average molecular weight is 485 g/mol. The molecule has 9 nitrogen and oxygen atoms in total. The Balaban J connectivity index is 1.34. The van der Waals surface area contributed by atoms with E-state index < -0.39 is 10.0 Å². The van der Waals surface area contributed by atoms with Gasteiger partial charge in [0, 0.05) is 42.4 Å². The van der Waals surface area contributed by atoms with E-state index in [0.29, 0.717) is 47.8 Å². The Bertz CT molecular complexity index is 1030. The Morgan fingerprint density at radius 1 is 1.26 bits per heavy atom. The Morgan fingerprint density at radius 3 is 2.74 bits per heavy atom. The van der Waals surface area contributed by atoms with Crippen molar-refractivity contribution in [3.05, 3.63) is 18.2 Å². The minimum Gasteiger partial charge on any atom is -0.486 e. The smallest absolute Gasteiger partial charge is 0.243 e. The predicted molar refractivity (Wildman–Crippen MR) is 118 cm³/mol. The van der Waals surface area contributed by atoms with Crippen LogP contribution < -0.4 is 14.8 Å². The van der Waals surface area contributed by atoms with Crippen LogP contribution in [-0.4, -0.2) is 60.0 Å². The average Bonchev–Trinajstić information content (AvgIpc) is 3.24. The summed E-state index contributed by atoms with van der Waals surface area (Å²) < 4.78 is 42.7. The van der Waals surface area contributed by atoms with Crippen LogP contribution in [0.25, 0.3) is 0 Å². The van der Waals surface area contributed by atoms with Gasteiger partial charge in [0.2, 0.25) is 26.2 Å². The van der Waals surface area contributed by atoms with Crippen LogP contribution in [0.1, 0.15) is 26.2 Å². The summed E-state index contributed by atoms with van der Waals surface area (Å²) in [5.74, 6) is 1.52. The standard InChI is InChI=1S/C19H24N4O5S3/c1-2-11-29-19-21-18(30-22-19)20-17(24)13-5-7-23(8-6-13)31(25,26)14-3-4-15-16(12-14)28-10-9-27-15/h3-4,12-13H,2,5-11H2,1H3,(H,20,21,22,24). The van der Waals surface area contributed by atoms with Crippen molar-refractivity contribution in [3.63, 3.8) is 0 Å². The van der Waals surface area contributed by atoms with Crippen molar-refractivity contribution in [2.24, 2.45) is 5.92 Å². The van der Waals surface area contributed by atoms with Gasteiger partial charge in [-0.05, 0) is 31.4 Å². The molecule has 0 radical (unpaired) electrons. The zero-order valence-electron chi connectivity index (χ0n) is 17.1. The van der Waals surface area contributed by atoms with Crippen LogP contribution in [0.4, 0.5) is 5.13 Å². The Morgan fingerprint density at radius 2 is 2.00 bits per heavy atom. The quantitative estimate of drug-likeness (QED) is 0.598. The molecule has 4 rings (SSSR count). The first kappa shape index (κ1) is 22.3. The van der Waals surface area contributed by atoms with Crippen molar-refractivity contribution >= 4 is 44.4 Å². The third-order valence-electron chi connectivity index (χ3n) is 5.05. The molecule has 0 unspecified atom stereocenters. The number of fused-ring (bicyclic) bond motifs is 1. The third kappa shape index (κ3) is 5.13. The summed E-state index contributed by atoms with van der Waals surface area (Å²) in [6, 6.07) is 4.66. The highest BCUT2D eigenvalue weighted by atomic mass is 32.2. The summed E-state index contributed by atoms with van der Waals surface area (Å²) in [7, 11) is -3.67. The summed E-state index contributed by atoms with van der Waals surface area (Å²) in [4.78, 5) is 17.1. The molecule has 1 N–H and O–H groups in total. The largest absolute Gasteiger partial charge is 0.486 e. The maximum Gasteiger partial charge on any atom is 0.243 e. The molecule has 2 aliphatic heterocycles. The van der Waals surface area contributed by atoms with E-state index in [1.54, 1.807) is 17.8 Å². The highest BCUT2D eigenvalue weighted by molar-refractivity contribution is 7.99. The second-order valence-corrected chi connectivity index (χ2v) is 11.0. The van der Waals surface area contributed by atoms with Crippen LogP contribution in [0.3, 0.4) is 0 Å². The summed E-state index contributed by atoms with van der Waals surface area (Å²) in [5, 5.41) is 3.97. The number of hydrogen-bond donors (Lipinski definition) is 1. The second kappa shape index (κ2) is 9.72. The molecule has 12 heteroatoms. The third-order valence-corrected chi connectivity index (χ3v) is 8.74. The maximum atomic E-state index is 13.0. The van der Waals surface area contributed by atoms with Crippen molar-refractivity contribution in [2.75, 3.05) is 37.4 Å². The number of sulfonamides is 1. The van der Waals surface area contributed by atoms with Crippen molar-refractivity contribution in [3.8, 4) is 11.5 Å². The summed E-state index contributed by atoms with van der Waals surface area (Å²) >= 11 is 2.72. The first-order valence-corrected chi connectivity index (χ1v) is 13.3. The van der Waals surface area contributed by atoms with Gasteiger partial charge in [-0.25, -0.2) is 8.42 Å². The van der Waals surface area contributed by atoms with Gasteiger partial charge in [0.05, 0.1) is 4.90 Å². The number of thioether (sulfide) groups is 1. The Labute approximate surface area is 189 Å².